The van der Waals surface area contributed by atoms with Crippen molar-refractivity contribution in [2.75, 3.05) is 46.4 Å². The molecule has 0 saturated carbocycles. The van der Waals surface area contributed by atoms with Gasteiger partial charge in [-0.1, -0.05) is 18.2 Å². The molecule has 1 aromatic carbocycles. The maximum atomic E-state index is 10.0. The van der Waals surface area contributed by atoms with Gasteiger partial charge in [0.25, 0.3) is 0 Å². The van der Waals surface area contributed by atoms with Crippen LogP contribution in [0.15, 0.2) is 24.3 Å². The molecule has 1 aliphatic rings. The highest BCUT2D eigenvalue weighted by atomic mass is 16.5. The fraction of sp³-hybridized carbons (Fsp3) is 0.667. The molecule has 1 heterocycles. The molecule has 0 bridgehead atoms. The van der Waals surface area contributed by atoms with Crippen LogP contribution in [-0.2, 0) is 11.3 Å². The molecule has 1 atom stereocenters. The number of rotatable bonds is 8. The molecule has 1 saturated heterocycles. The maximum Gasteiger partial charge on any atom is 0.123 e. The fourth-order valence-corrected chi connectivity index (χ4v) is 2.86. The lowest BCUT2D eigenvalue weighted by Gasteiger charge is -2.35. The van der Waals surface area contributed by atoms with Crippen molar-refractivity contribution in [1.82, 2.24) is 9.80 Å². The molecule has 0 amide bonds. The lowest BCUT2D eigenvalue weighted by atomic mass is 10.1. The van der Waals surface area contributed by atoms with Crippen LogP contribution in [0.25, 0.3) is 0 Å². The van der Waals surface area contributed by atoms with Crippen molar-refractivity contribution in [2.45, 2.75) is 32.6 Å². The Labute approximate surface area is 139 Å². The number of aliphatic hydroxyl groups is 1. The minimum absolute atomic E-state index is 0.169. The first-order valence-corrected chi connectivity index (χ1v) is 8.44. The normalized spacial score (nSPS) is 18.3. The van der Waals surface area contributed by atoms with E-state index in [9.17, 15) is 5.11 Å². The van der Waals surface area contributed by atoms with E-state index in [2.05, 4.69) is 21.9 Å². The molecule has 23 heavy (non-hydrogen) atoms. The zero-order chi connectivity index (χ0) is 16.7. The monoisotopic (exact) mass is 322 g/mol. The smallest absolute Gasteiger partial charge is 0.123 e. The molecule has 1 fully saturated rings. The van der Waals surface area contributed by atoms with Gasteiger partial charge in [-0.15, -0.1) is 0 Å². The van der Waals surface area contributed by atoms with E-state index in [1.54, 1.807) is 7.11 Å². The molecule has 130 valence electrons. The van der Waals surface area contributed by atoms with Crippen LogP contribution in [0.5, 0.6) is 5.75 Å². The van der Waals surface area contributed by atoms with Crippen LogP contribution in [0.2, 0.25) is 0 Å². The van der Waals surface area contributed by atoms with E-state index in [1.165, 1.54) is 5.56 Å². The third kappa shape index (κ3) is 6.11. The molecule has 1 aliphatic heterocycles. The highest BCUT2D eigenvalue weighted by Crippen LogP contribution is 2.19. The quantitative estimate of drug-likeness (QED) is 0.788. The highest BCUT2D eigenvalue weighted by Gasteiger charge is 2.20. The summed E-state index contributed by atoms with van der Waals surface area (Å²) in [7, 11) is 1.72. The maximum absolute atomic E-state index is 10.0. The van der Waals surface area contributed by atoms with Crippen molar-refractivity contribution in [3.8, 4) is 5.75 Å². The number of β-amino-alcohol motifs (C(OH)–C–C–N with tert-alkyl or cyclic N) is 1. The van der Waals surface area contributed by atoms with Gasteiger partial charge in [-0.25, -0.2) is 0 Å². The van der Waals surface area contributed by atoms with Gasteiger partial charge in [0.15, 0.2) is 0 Å². The van der Waals surface area contributed by atoms with E-state index in [4.69, 9.17) is 9.47 Å². The van der Waals surface area contributed by atoms with Crippen molar-refractivity contribution in [1.29, 1.82) is 0 Å². The predicted octanol–water partition coefficient (Wildman–Crippen LogP) is 1.60. The van der Waals surface area contributed by atoms with Gasteiger partial charge >= 0.3 is 0 Å². The summed E-state index contributed by atoms with van der Waals surface area (Å²) in [6.45, 7) is 9.98. The third-order valence-electron chi connectivity index (χ3n) is 4.14. The highest BCUT2D eigenvalue weighted by molar-refractivity contribution is 5.33. The van der Waals surface area contributed by atoms with E-state index < -0.39 is 6.10 Å². The Morgan fingerprint density at radius 1 is 1.09 bits per heavy atom. The molecule has 5 nitrogen and oxygen atoms in total. The standard InChI is InChI=1S/C18H30N2O3/c1-15(2)23-14-17(21)13-20-10-8-19(9-11-20)12-16-6-4-5-7-18(16)22-3/h4-7,15,17,21H,8-14H2,1-3H3. The number of ether oxygens (including phenoxy) is 2. The Balaban J connectivity index is 1.73. The fourth-order valence-electron chi connectivity index (χ4n) is 2.86. The van der Waals surface area contributed by atoms with Gasteiger partial charge < -0.3 is 14.6 Å². The number of hydrogen-bond acceptors (Lipinski definition) is 5. The van der Waals surface area contributed by atoms with E-state index in [0.29, 0.717) is 13.2 Å². The first-order chi connectivity index (χ1) is 11.1. The van der Waals surface area contributed by atoms with E-state index >= 15 is 0 Å². The second kappa shape index (κ2) is 9.23. The summed E-state index contributed by atoms with van der Waals surface area (Å²) < 4.78 is 10.9. The van der Waals surface area contributed by atoms with Crippen molar-refractivity contribution < 1.29 is 14.6 Å². The van der Waals surface area contributed by atoms with E-state index in [-0.39, 0.29) is 6.10 Å². The minimum atomic E-state index is -0.404. The molecule has 0 aromatic heterocycles. The Morgan fingerprint density at radius 3 is 2.39 bits per heavy atom. The molecular formula is C18H30N2O3. The number of benzene rings is 1. The second-order valence-electron chi connectivity index (χ2n) is 6.42. The molecule has 5 heteroatoms. The predicted molar refractivity (Wildman–Crippen MR) is 91.8 cm³/mol. The largest absolute Gasteiger partial charge is 0.496 e. The average Bonchev–Trinajstić information content (AvgIpc) is 2.55. The van der Waals surface area contributed by atoms with E-state index in [1.807, 2.05) is 26.0 Å². The summed E-state index contributed by atoms with van der Waals surface area (Å²) >= 11 is 0. The number of aliphatic hydroxyl groups excluding tert-OH is 1. The van der Waals surface area contributed by atoms with Gasteiger partial charge in [-0.2, -0.15) is 0 Å². The molecule has 2 rings (SSSR count). The van der Waals surface area contributed by atoms with Gasteiger partial charge in [-0.3, -0.25) is 9.80 Å². The van der Waals surface area contributed by atoms with Crippen LogP contribution in [0.1, 0.15) is 19.4 Å². The molecule has 1 aromatic rings. The van der Waals surface area contributed by atoms with Gasteiger partial charge in [0, 0.05) is 44.8 Å². The van der Waals surface area contributed by atoms with Crippen LogP contribution in [0.3, 0.4) is 0 Å². The SMILES string of the molecule is COc1ccccc1CN1CCN(CC(O)COC(C)C)CC1. The average molecular weight is 322 g/mol. The van der Waals surface area contributed by atoms with Crippen LogP contribution in [0.4, 0.5) is 0 Å². The Kier molecular flexibility index (Phi) is 7.30. The molecule has 0 radical (unpaired) electrons. The van der Waals surface area contributed by atoms with Gasteiger partial charge in [0.05, 0.1) is 25.9 Å². The lowest BCUT2D eigenvalue weighted by Crippen LogP contribution is -2.48. The van der Waals surface area contributed by atoms with Crippen LogP contribution < -0.4 is 4.74 Å². The van der Waals surface area contributed by atoms with Crippen LogP contribution >= 0.6 is 0 Å². The number of nitrogens with zero attached hydrogens (tertiary/aromatic N) is 2. The summed E-state index contributed by atoms with van der Waals surface area (Å²) in [6, 6.07) is 8.19. The molecular weight excluding hydrogens is 292 g/mol. The Hall–Kier alpha value is -1.14. The first kappa shape index (κ1) is 18.2. The summed E-state index contributed by atoms with van der Waals surface area (Å²) in [6.07, 6.45) is -0.236. The minimum Gasteiger partial charge on any atom is -0.496 e. The van der Waals surface area contributed by atoms with Crippen molar-refractivity contribution in [2.24, 2.45) is 0 Å². The Bertz CT molecular complexity index is 459. The lowest BCUT2D eigenvalue weighted by molar-refractivity contribution is -0.0148. The van der Waals surface area contributed by atoms with Crippen molar-refractivity contribution >= 4 is 0 Å². The van der Waals surface area contributed by atoms with Crippen LogP contribution in [-0.4, -0.2) is 73.6 Å². The molecule has 1 unspecified atom stereocenters. The molecule has 0 aliphatic carbocycles. The number of para-hydroxylation sites is 1. The molecule has 0 spiro atoms. The number of methoxy groups -OCH3 is 1. The third-order valence-corrected chi connectivity index (χ3v) is 4.14. The molecule has 1 N–H and O–H groups in total. The summed E-state index contributed by atoms with van der Waals surface area (Å²) in [5.41, 5.74) is 1.23. The number of piperazine rings is 1. The van der Waals surface area contributed by atoms with Gasteiger partial charge in [0.2, 0.25) is 0 Å². The number of hydrogen-bond donors (Lipinski definition) is 1. The first-order valence-electron chi connectivity index (χ1n) is 8.44. The zero-order valence-corrected chi connectivity index (χ0v) is 14.6. The van der Waals surface area contributed by atoms with Gasteiger partial charge in [0.1, 0.15) is 5.75 Å². The summed E-state index contributed by atoms with van der Waals surface area (Å²) in [5, 5.41) is 10.0. The van der Waals surface area contributed by atoms with Gasteiger partial charge in [-0.05, 0) is 19.9 Å². The van der Waals surface area contributed by atoms with E-state index in [0.717, 1.165) is 38.5 Å². The Morgan fingerprint density at radius 2 is 1.74 bits per heavy atom. The zero-order valence-electron chi connectivity index (χ0n) is 14.6. The van der Waals surface area contributed by atoms with Crippen molar-refractivity contribution in [3.05, 3.63) is 29.8 Å². The van der Waals surface area contributed by atoms with Crippen LogP contribution in [0, 0.1) is 0 Å². The summed E-state index contributed by atoms with van der Waals surface area (Å²) in [4.78, 5) is 4.75. The second-order valence-corrected chi connectivity index (χ2v) is 6.42. The topological polar surface area (TPSA) is 45.2 Å². The van der Waals surface area contributed by atoms with Crippen molar-refractivity contribution in [3.63, 3.8) is 0 Å². The summed E-state index contributed by atoms with van der Waals surface area (Å²) in [5.74, 6) is 0.955.